The Balaban J connectivity index is 1.77. The number of nitrogens with one attached hydrogen (secondary N) is 2. The number of carbonyl (C=O) groups excluding carboxylic acids is 1. The minimum Gasteiger partial charge on any atom is -0.330 e. The molecule has 3 aromatic rings. The lowest BCUT2D eigenvalue weighted by Crippen LogP contribution is -2.34. The second kappa shape index (κ2) is 6.85. The molecule has 1 amide bonds. The van der Waals surface area contributed by atoms with E-state index in [1.807, 2.05) is 31.2 Å². The molecule has 0 saturated heterocycles. The van der Waals surface area contributed by atoms with Crippen LogP contribution in [-0.2, 0) is 0 Å². The van der Waals surface area contributed by atoms with Gasteiger partial charge in [0.2, 0.25) is 0 Å². The number of carbonyl (C=O) groups is 1. The highest BCUT2D eigenvalue weighted by Gasteiger charge is 2.12. The minimum absolute atomic E-state index is 0.234. The Labute approximate surface area is 156 Å². The summed E-state index contributed by atoms with van der Waals surface area (Å²) in [6, 6.07) is 11.2. The number of amides is 1. The molecule has 0 aliphatic rings. The number of benzene rings is 2. The fourth-order valence-corrected chi connectivity index (χ4v) is 3.34. The van der Waals surface area contributed by atoms with Crippen LogP contribution in [-0.4, -0.2) is 19.8 Å². The molecule has 0 saturated carbocycles. The summed E-state index contributed by atoms with van der Waals surface area (Å²) in [4.78, 5) is 12.2. The normalized spacial score (nSPS) is 10.5. The summed E-state index contributed by atoms with van der Waals surface area (Å²) < 4.78 is 9.47. The first-order chi connectivity index (χ1) is 11.0. The quantitative estimate of drug-likeness (QED) is 0.457. The number of aromatic nitrogens is 2. The van der Waals surface area contributed by atoms with Crippen LogP contribution < -0.4 is 10.6 Å². The van der Waals surface area contributed by atoms with E-state index in [-0.39, 0.29) is 11.0 Å². The van der Waals surface area contributed by atoms with Gasteiger partial charge in [0, 0.05) is 9.13 Å². The molecule has 0 spiro atoms. The van der Waals surface area contributed by atoms with Crippen molar-refractivity contribution in [3.05, 3.63) is 51.1 Å². The van der Waals surface area contributed by atoms with E-state index in [0.29, 0.717) is 5.56 Å². The number of hydrogen-bond acceptors (Lipinski definition) is 5. The maximum Gasteiger partial charge on any atom is 0.257 e. The van der Waals surface area contributed by atoms with Crippen molar-refractivity contribution in [2.75, 3.05) is 5.32 Å². The van der Waals surface area contributed by atoms with Crippen LogP contribution in [0.2, 0.25) is 0 Å². The van der Waals surface area contributed by atoms with Crippen LogP contribution in [0, 0.1) is 10.5 Å². The number of hydrogen-bond donors (Lipinski definition) is 2. The van der Waals surface area contributed by atoms with E-state index in [9.17, 15) is 4.79 Å². The zero-order valence-corrected chi connectivity index (χ0v) is 15.8. The molecular formula is C15H11IN4OS2. The summed E-state index contributed by atoms with van der Waals surface area (Å²) in [5.41, 5.74) is 3.86. The molecule has 1 aromatic heterocycles. The van der Waals surface area contributed by atoms with Gasteiger partial charge in [0.15, 0.2) is 5.11 Å². The number of anilines is 1. The van der Waals surface area contributed by atoms with Crippen molar-refractivity contribution in [2.45, 2.75) is 6.92 Å². The third-order valence-corrected chi connectivity index (χ3v) is 4.61. The zero-order chi connectivity index (χ0) is 16.4. The van der Waals surface area contributed by atoms with Gasteiger partial charge in [0.25, 0.3) is 5.91 Å². The molecular weight excluding hydrogens is 443 g/mol. The van der Waals surface area contributed by atoms with Gasteiger partial charge in [-0.25, -0.2) is 0 Å². The van der Waals surface area contributed by atoms with Crippen LogP contribution in [0.25, 0.3) is 11.0 Å². The number of halogens is 1. The summed E-state index contributed by atoms with van der Waals surface area (Å²) in [6.45, 7) is 1.95. The van der Waals surface area contributed by atoms with Crippen molar-refractivity contribution < 1.29 is 4.79 Å². The molecule has 0 fully saturated rings. The molecule has 2 aromatic carbocycles. The van der Waals surface area contributed by atoms with E-state index in [0.717, 1.165) is 37.6 Å². The number of rotatable bonds is 2. The number of aryl methyl sites for hydroxylation is 1. The second-order valence-corrected chi connectivity index (χ2v) is 6.99. The molecule has 3 rings (SSSR count). The van der Waals surface area contributed by atoms with Gasteiger partial charge in [-0.05, 0) is 71.6 Å². The standard InChI is InChI=1S/C15H11IN4OS2/c1-8-5-6-11-13(20-23-19-11)12(8)17-15(22)18-14(21)9-3-2-4-10(16)7-9/h2-7H,1H3,(H2,17,18,21,22). The van der Waals surface area contributed by atoms with E-state index in [4.69, 9.17) is 12.2 Å². The Morgan fingerprint density at radius 1 is 1.26 bits per heavy atom. The van der Waals surface area contributed by atoms with Gasteiger partial charge in [0.1, 0.15) is 11.0 Å². The van der Waals surface area contributed by atoms with Gasteiger partial charge < -0.3 is 5.32 Å². The SMILES string of the molecule is Cc1ccc2nsnc2c1NC(=S)NC(=O)c1cccc(I)c1. The Kier molecular flexibility index (Phi) is 4.83. The van der Waals surface area contributed by atoms with E-state index < -0.39 is 0 Å². The van der Waals surface area contributed by atoms with Crippen LogP contribution in [0.3, 0.4) is 0 Å². The zero-order valence-electron chi connectivity index (χ0n) is 12.0. The summed E-state index contributed by atoms with van der Waals surface area (Å²) >= 11 is 8.56. The van der Waals surface area contributed by atoms with E-state index >= 15 is 0 Å². The smallest absolute Gasteiger partial charge is 0.257 e. The molecule has 0 radical (unpaired) electrons. The Hall–Kier alpha value is -1.65. The van der Waals surface area contributed by atoms with E-state index in [1.54, 1.807) is 12.1 Å². The van der Waals surface area contributed by atoms with Gasteiger partial charge in [-0.3, -0.25) is 10.1 Å². The first-order valence-corrected chi connectivity index (χ1v) is 8.86. The highest BCUT2D eigenvalue weighted by molar-refractivity contribution is 14.1. The summed E-state index contributed by atoms with van der Waals surface area (Å²) in [6.07, 6.45) is 0. The van der Waals surface area contributed by atoms with E-state index in [2.05, 4.69) is 42.0 Å². The third-order valence-electron chi connectivity index (χ3n) is 3.19. The minimum atomic E-state index is -0.248. The first-order valence-electron chi connectivity index (χ1n) is 6.64. The van der Waals surface area contributed by atoms with Crippen LogP contribution in [0.5, 0.6) is 0 Å². The van der Waals surface area contributed by atoms with Crippen LogP contribution in [0.15, 0.2) is 36.4 Å². The third kappa shape index (κ3) is 3.65. The average Bonchev–Trinajstić information content (AvgIpc) is 2.99. The van der Waals surface area contributed by atoms with Crippen molar-refractivity contribution in [3.8, 4) is 0 Å². The second-order valence-electron chi connectivity index (χ2n) is 4.81. The van der Waals surface area contributed by atoms with Gasteiger partial charge in [-0.1, -0.05) is 12.1 Å². The van der Waals surface area contributed by atoms with Crippen molar-refractivity contribution in [1.29, 1.82) is 0 Å². The molecule has 23 heavy (non-hydrogen) atoms. The molecule has 0 aliphatic carbocycles. The fraction of sp³-hybridized carbons (Fsp3) is 0.0667. The predicted molar refractivity (Wildman–Crippen MR) is 105 cm³/mol. The molecule has 0 unspecified atom stereocenters. The monoisotopic (exact) mass is 454 g/mol. The summed E-state index contributed by atoms with van der Waals surface area (Å²) in [5, 5.41) is 5.98. The number of fused-ring (bicyclic) bond motifs is 1. The highest BCUT2D eigenvalue weighted by Crippen LogP contribution is 2.25. The number of thiocarbonyl (C=S) groups is 1. The van der Waals surface area contributed by atoms with Crippen LogP contribution >= 0.6 is 46.5 Å². The first kappa shape index (κ1) is 16.2. The molecule has 0 atom stereocenters. The largest absolute Gasteiger partial charge is 0.330 e. The predicted octanol–water partition coefficient (Wildman–Crippen LogP) is 3.73. The highest BCUT2D eigenvalue weighted by atomic mass is 127. The van der Waals surface area contributed by atoms with Gasteiger partial charge in [0.05, 0.1) is 17.4 Å². The summed E-state index contributed by atoms with van der Waals surface area (Å²) in [7, 11) is 0. The van der Waals surface area contributed by atoms with Crippen molar-refractivity contribution in [2.24, 2.45) is 0 Å². The lowest BCUT2D eigenvalue weighted by Gasteiger charge is -2.12. The van der Waals surface area contributed by atoms with Crippen molar-refractivity contribution >= 4 is 74.3 Å². The molecule has 1 heterocycles. The lowest BCUT2D eigenvalue weighted by atomic mass is 10.1. The molecule has 116 valence electrons. The number of nitrogens with zero attached hydrogens (tertiary/aromatic N) is 2. The lowest BCUT2D eigenvalue weighted by molar-refractivity contribution is 0.0977. The van der Waals surface area contributed by atoms with Gasteiger partial charge in [-0.2, -0.15) is 8.75 Å². The Morgan fingerprint density at radius 3 is 2.87 bits per heavy atom. The average molecular weight is 454 g/mol. The van der Waals surface area contributed by atoms with Crippen LogP contribution in [0.1, 0.15) is 15.9 Å². The fourth-order valence-electron chi connectivity index (χ4n) is 2.06. The van der Waals surface area contributed by atoms with Crippen molar-refractivity contribution in [3.63, 3.8) is 0 Å². The van der Waals surface area contributed by atoms with Gasteiger partial charge >= 0.3 is 0 Å². The topological polar surface area (TPSA) is 66.9 Å². The Morgan fingerprint density at radius 2 is 2.09 bits per heavy atom. The summed E-state index contributed by atoms with van der Waals surface area (Å²) in [5.74, 6) is -0.248. The molecule has 8 heteroatoms. The van der Waals surface area contributed by atoms with Gasteiger partial charge in [-0.15, -0.1) is 0 Å². The van der Waals surface area contributed by atoms with Crippen molar-refractivity contribution in [1.82, 2.24) is 14.1 Å². The molecule has 0 bridgehead atoms. The molecule has 0 aliphatic heterocycles. The maximum atomic E-state index is 12.2. The van der Waals surface area contributed by atoms with Crippen LogP contribution in [0.4, 0.5) is 5.69 Å². The van der Waals surface area contributed by atoms with E-state index in [1.165, 1.54) is 0 Å². The Bertz CT molecular complexity index is 909. The molecule has 5 nitrogen and oxygen atoms in total. The maximum absolute atomic E-state index is 12.2. The molecule has 2 N–H and O–H groups in total.